The van der Waals surface area contributed by atoms with Gasteiger partial charge in [-0.2, -0.15) is 0 Å². The SMILES string of the molecule is NCC(Nc1cc(=O)[nH]cn1)c1ccccc1. The molecule has 0 aliphatic rings. The van der Waals surface area contributed by atoms with Crippen LogP contribution < -0.4 is 16.6 Å². The molecule has 0 radical (unpaired) electrons. The molecule has 0 aliphatic carbocycles. The molecule has 1 aromatic carbocycles. The summed E-state index contributed by atoms with van der Waals surface area (Å²) < 4.78 is 0. The van der Waals surface area contributed by atoms with E-state index in [4.69, 9.17) is 5.73 Å². The third kappa shape index (κ3) is 2.92. The number of aromatic amines is 1. The van der Waals surface area contributed by atoms with Crippen LogP contribution >= 0.6 is 0 Å². The molecule has 0 saturated carbocycles. The van der Waals surface area contributed by atoms with Crippen molar-refractivity contribution in [3.05, 3.63) is 58.6 Å². The molecular formula is C12H14N4O. The van der Waals surface area contributed by atoms with E-state index < -0.39 is 0 Å². The number of benzene rings is 1. The number of hydrogen-bond donors (Lipinski definition) is 3. The molecule has 2 aromatic rings. The predicted octanol–water partition coefficient (Wildman–Crippen LogP) is 0.882. The number of nitrogens with zero attached hydrogens (tertiary/aromatic N) is 1. The van der Waals surface area contributed by atoms with Gasteiger partial charge < -0.3 is 16.0 Å². The molecular weight excluding hydrogens is 216 g/mol. The zero-order valence-electron chi connectivity index (χ0n) is 9.26. The third-order valence-electron chi connectivity index (χ3n) is 2.44. The molecule has 0 aliphatic heterocycles. The molecule has 1 atom stereocenters. The highest BCUT2D eigenvalue weighted by Crippen LogP contribution is 2.15. The zero-order valence-corrected chi connectivity index (χ0v) is 9.26. The summed E-state index contributed by atoms with van der Waals surface area (Å²) in [6, 6.07) is 11.2. The summed E-state index contributed by atoms with van der Waals surface area (Å²) >= 11 is 0. The zero-order chi connectivity index (χ0) is 12.1. The number of anilines is 1. The molecule has 5 heteroatoms. The van der Waals surface area contributed by atoms with Crippen LogP contribution in [0.4, 0.5) is 5.82 Å². The maximum Gasteiger partial charge on any atom is 0.252 e. The fourth-order valence-electron chi connectivity index (χ4n) is 1.59. The molecule has 0 fully saturated rings. The second-order valence-corrected chi connectivity index (χ2v) is 3.64. The molecule has 17 heavy (non-hydrogen) atoms. The van der Waals surface area contributed by atoms with Gasteiger partial charge in [0.2, 0.25) is 0 Å². The summed E-state index contributed by atoms with van der Waals surface area (Å²) in [5.41, 5.74) is 6.59. The highest BCUT2D eigenvalue weighted by Gasteiger charge is 2.09. The van der Waals surface area contributed by atoms with Crippen molar-refractivity contribution in [3.8, 4) is 0 Å². The van der Waals surface area contributed by atoms with Gasteiger partial charge in [0, 0.05) is 12.6 Å². The van der Waals surface area contributed by atoms with Crippen LogP contribution in [0, 0.1) is 0 Å². The summed E-state index contributed by atoms with van der Waals surface area (Å²) in [4.78, 5) is 17.6. The first-order valence-corrected chi connectivity index (χ1v) is 5.36. The Labute approximate surface area is 98.7 Å². The number of aromatic nitrogens is 2. The van der Waals surface area contributed by atoms with Crippen LogP contribution in [0.2, 0.25) is 0 Å². The predicted molar refractivity (Wildman–Crippen MR) is 66.7 cm³/mol. The van der Waals surface area contributed by atoms with Crippen molar-refractivity contribution in [2.45, 2.75) is 6.04 Å². The van der Waals surface area contributed by atoms with Gasteiger partial charge in [0.15, 0.2) is 0 Å². The number of rotatable bonds is 4. The lowest BCUT2D eigenvalue weighted by atomic mass is 10.1. The van der Waals surface area contributed by atoms with Crippen LogP contribution in [0.1, 0.15) is 11.6 Å². The summed E-state index contributed by atoms with van der Waals surface area (Å²) in [6.45, 7) is 0.429. The number of H-pyrrole nitrogens is 1. The summed E-state index contributed by atoms with van der Waals surface area (Å²) in [5, 5.41) is 3.13. The molecule has 88 valence electrons. The second-order valence-electron chi connectivity index (χ2n) is 3.64. The van der Waals surface area contributed by atoms with Gasteiger partial charge in [0.25, 0.3) is 5.56 Å². The van der Waals surface area contributed by atoms with Crippen molar-refractivity contribution in [1.82, 2.24) is 9.97 Å². The summed E-state index contributed by atoms with van der Waals surface area (Å²) in [6.07, 6.45) is 1.36. The van der Waals surface area contributed by atoms with E-state index in [9.17, 15) is 4.79 Å². The number of nitrogens with two attached hydrogens (primary N) is 1. The minimum Gasteiger partial charge on any atom is -0.362 e. The van der Waals surface area contributed by atoms with E-state index in [1.165, 1.54) is 12.4 Å². The number of hydrogen-bond acceptors (Lipinski definition) is 4. The average Bonchev–Trinajstić information content (AvgIpc) is 2.37. The minimum atomic E-state index is -0.189. The second kappa shape index (κ2) is 5.27. The molecule has 1 heterocycles. The highest BCUT2D eigenvalue weighted by molar-refractivity contribution is 5.37. The smallest absolute Gasteiger partial charge is 0.252 e. The molecule has 0 saturated heterocycles. The summed E-state index contributed by atoms with van der Waals surface area (Å²) in [7, 11) is 0. The van der Waals surface area contributed by atoms with Crippen LogP contribution in [0.25, 0.3) is 0 Å². The van der Waals surface area contributed by atoms with E-state index in [2.05, 4.69) is 15.3 Å². The Hall–Kier alpha value is -2.14. The van der Waals surface area contributed by atoms with E-state index in [-0.39, 0.29) is 11.6 Å². The van der Waals surface area contributed by atoms with Crippen molar-refractivity contribution < 1.29 is 0 Å². The Morgan fingerprint density at radius 2 is 2.12 bits per heavy atom. The van der Waals surface area contributed by atoms with Crippen molar-refractivity contribution >= 4 is 5.82 Å². The van der Waals surface area contributed by atoms with Crippen molar-refractivity contribution in [2.75, 3.05) is 11.9 Å². The van der Waals surface area contributed by atoms with Gasteiger partial charge >= 0.3 is 0 Å². The van der Waals surface area contributed by atoms with Crippen molar-refractivity contribution in [2.24, 2.45) is 5.73 Å². The van der Waals surface area contributed by atoms with Crippen LogP contribution in [0.15, 0.2) is 47.5 Å². The first kappa shape index (κ1) is 11.3. The Morgan fingerprint density at radius 1 is 1.35 bits per heavy atom. The molecule has 0 amide bonds. The maximum atomic E-state index is 11.1. The Bertz CT molecular complexity index is 523. The Kier molecular flexibility index (Phi) is 3.52. The van der Waals surface area contributed by atoms with E-state index >= 15 is 0 Å². The topological polar surface area (TPSA) is 83.8 Å². The Morgan fingerprint density at radius 3 is 2.76 bits per heavy atom. The largest absolute Gasteiger partial charge is 0.362 e. The van der Waals surface area contributed by atoms with Gasteiger partial charge in [-0.3, -0.25) is 4.79 Å². The fourth-order valence-corrected chi connectivity index (χ4v) is 1.59. The van der Waals surface area contributed by atoms with Crippen LogP contribution in [-0.4, -0.2) is 16.5 Å². The van der Waals surface area contributed by atoms with Gasteiger partial charge in [-0.1, -0.05) is 30.3 Å². The maximum absolute atomic E-state index is 11.1. The van der Waals surface area contributed by atoms with Crippen LogP contribution in [0.5, 0.6) is 0 Å². The first-order valence-electron chi connectivity index (χ1n) is 5.36. The van der Waals surface area contributed by atoms with Gasteiger partial charge in [0.1, 0.15) is 5.82 Å². The van der Waals surface area contributed by atoms with Crippen LogP contribution in [0.3, 0.4) is 0 Å². The molecule has 2 rings (SSSR count). The first-order chi connectivity index (χ1) is 8.29. The molecule has 5 nitrogen and oxygen atoms in total. The standard InChI is InChI=1S/C12H14N4O/c13-7-10(9-4-2-1-3-5-9)16-11-6-12(17)15-8-14-11/h1-6,8,10H,7,13H2,(H2,14,15,16,17). The van der Waals surface area contributed by atoms with E-state index in [0.29, 0.717) is 12.4 Å². The van der Waals surface area contributed by atoms with Crippen LogP contribution in [-0.2, 0) is 0 Å². The van der Waals surface area contributed by atoms with Crippen molar-refractivity contribution in [3.63, 3.8) is 0 Å². The van der Waals surface area contributed by atoms with E-state index in [1.54, 1.807) is 0 Å². The van der Waals surface area contributed by atoms with Gasteiger partial charge in [-0.25, -0.2) is 4.98 Å². The van der Waals surface area contributed by atoms with Crippen molar-refractivity contribution in [1.29, 1.82) is 0 Å². The van der Waals surface area contributed by atoms with Gasteiger partial charge in [-0.15, -0.1) is 0 Å². The lowest BCUT2D eigenvalue weighted by molar-refractivity contribution is 0.782. The average molecular weight is 230 g/mol. The quantitative estimate of drug-likeness (QED) is 0.728. The molecule has 1 unspecified atom stereocenters. The lowest BCUT2D eigenvalue weighted by Crippen LogP contribution is -2.22. The molecule has 4 N–H and O–H groups in total. The third-order valence-corrected chi connectivity index (χ3v) is 2.44. The molecule has 1 aromatic heterocycles. The fraction of sp³-hybridized carbons (Fsp3) is 0.167. The molecule has 0 spiro atoms. The summed E-state index contributed by atoms with van der Waals surface area (Å²) in [5.74, 6) is 0.521. The molecule has 0 bridgehead atoms. The highest BCUT2D eigenvalue weighted by atomic mass is 16.1. The van der Waals surface area contributed by atoms with E-state index in [1.807, 2.05) is 30.3 Å². The monoisotopic (exact) mass is 230 g/mol. The Balaban J connectivity index is 2.19. The minimum absolute atomic E-state index is 0.0505. The van der Waals surface area contributed by atoms with E-state index in [0.717, 1.165) is 5.56 Å². The normalized spacial score (nSPS) is 12.1. The van der Waals surface area contributed by atoms with Gasteiger partial charge in [-0.05, 0) is 5.56 Å². The van der Waals surface area contributed by atoms with Gasteiger partial charge in [0.05, 0.1) is 12.4 Å². The number of nitrogens with one attached hydrogen (secondary N) is 2. The lowest BCUT2D eigenvalue weighted by Gasteiger charge is -2.17.